The summed E-state index contributed by atoms with van der Waals surface area (Å²) in [5.41, 5.74) is 0.893. The molecule has 144 valence electrons. The summed E-state index contributed by atoms with van der Waals surface area (Å²) in [6.07, 6.45) is 0.161. The van der Waals surface area contributed by atoms with E-state index in [9.17, 15) is 14.4 Å². The molecule has 27 heavy (non-hydrogen) atoms. The number of amides is 2. The van der Waals surface area contributed by atoms with E-state index in [1.165, 1.54) is 4.90 Å². The van der Waals surface area contributed by atoms with Crippen molar-refractivity contribution in [1.29, 1.82) is 0 Å². The van der Waals surface area contributed by atoms with E-state index in [2.05, 4.69) is 5.32 Å². The number of nitrogens with one attached hydrogen (secondary N) is 1. The first-order valence-electron chi connectivity index (χ1n) is 8.92. The lowest BCUT2D eigenvalue weighted by molar-refractivity contribution is -0.154. The summed E-state index contributed by atoms with van der Waals surface area (Å²) in [5.74, 6) is -1.34. The van der Waals surface area contributed by atoms with Crippen molar-refractivity contribution < 1.29 is 19.1 Å². The van der Waals surface area contributed by atoms with Crippen LogP contribution in [0.15, 0.2) is 42.5 Å². The smallest absolute Gasteiger partial charge is 0.329 e. The molecule has 0 saturated carbocycles. The number of likely N-dealkylation sites (N-methyl/N-ethyl adjacent to an activating group) is 1. The van der Waals surface area contributed by atoms with Crippen molar-refractivity contribution >= 4 is 28.6 Å². The van der Waals surface area contributed by atoms with Gasteiger partial charge in [-0.05, 0) is 22.3 Å². The minimum atomic E-state index is -0.803. The fourth-order valence-electron chi connectivity index (χ4n) is 2.69. The number of ether oxygens (including phenoxy) is 1. The van der Waals surface area contributed by atoms with Crippen LogP contribution >= 0.6 is 0 Å². The van der Waals surface area contributed by atoms with Crippen LogP contribution in [0.3, 0.4) is 0 Å². The van der Waals surface area contributed by atoms with E-state index < -0.39 is 12.0 Å². The fraction of sp³-hybridized carbons (Fsp3) is 0.381. The molecule has 0 heterocycles. The van der Waals surface area contributed by atoms with Crippen LogP contribution in [-0.4, -0.2) is 49.4 Å². The first-order chi connectivity index (χ1) is 12.8. The van der Waals surface area contributed by atoms with Crippen LogP contribution in [0.2, 0.25) is 0 Å². The third-order valence-corrected chi connectivity index (χ3v) is 4.30. The maximum absolute atomic E-state index is 12.5. The highest BCUT2D eigenvalue weighted by atomic mass is 16.5. The monoisotopic (exact) mass is 370 g/mol. The average Bonchev–Trinajstić information content (AvgIpc) is 2.63. The lowest BCUT2D eigenvalue weighted by Crippen LogP contribution is -2.46. The standard InChI is InChI=1S/C21H26N2O4/c1-14(2)20(21(26)27-13-19(25)23(3)4)22-18(24)12-16-10-7-9-15-8-5-6-11-17(15)16/h5-11,14,20H,12-13H2,1-4H3,(H,22,24)/t20-/m0/s1. The van der Waals surface area contributed by atoms with Crippen molar-refractivity contribution in [1.82, 2.24) is 10.2 Å². The van der Waals surface area contributed by atoms with Crippen LogP contribution < -0.4 is 5.32 Å². The molecule has 0 unspecified atom stereocenters. The van der Waals surface area contributed by atoms with Crippen molar-refractivity contribution in [3.63, 3.8) is 0 Å². The summed E-state index contributed by atoms with van der Waals surface area (Å²) in [5, 5.41) is 4.81. The Bertz CT molecular complexity index is 825. The molecule has 0 aliphatic carbocycles. The molecule has 2 amide bonds. The zero-order valence-corrected chi connectivity index (χ0v) is 16.2. The highest BCUT2D eigenvalue weighted by Crippen LogP contribution is 2.19. The number of carbonyl (C=O) groups excluding carboxylic acids is 3. The molecule has 0 radical (unpaired) electrons. The molecule has 0 bridgehead atoms. The zero-order valence-electron chi connectivity index (χ0n) is 16.2. The number of hydrogen-bond donors (Lipinski definition) is 1. The molecule has 0 fully saturated rings. The summed E-state index contributed by atoms with van der Waals surface area (Å²) in [6.45, 7) is 3.30. The summed E-state index contributed by atoms with van der Waals surface area (Å²) < 4.78 is 5.07. The number of benzene rings is 2. The Hall–Kier alpha value is -2.89. The van der Waals surface area contributed by atoms with E-state index in [0.29, 0.717) is 0 Å². The number of nitrogens with zero attached hydrogens (tertiary/aromatic N) is 1. The molecule has 0 aromatic heterocycles. The van der Waals surface area contributed by atoms with E-state index in [1.54, 1.807) is 14.1 Å². The van der Waals surface area contributed by atoms with Gasteiger partial charge in [-0.3, -0.25) is 9.59 Å². The van der Waals surface area contributed by atoms with Gasteiger partial charge in [0, 0.05) is 14.1 Å². The first kappa shape index (κ1) is 20.4. The van der Waals surface area contributed by atoms with Crippen molar-refractivity contribution in [2.45, 2.75) is 26.3 Å². The van der Waals surface area contributed by atoms with E-state index in [1.807, 2.05) is 56.3 Å². The quantitative estimate of drug-likeness (QED) is 0.758. The molecule has 2 aromatic rings. The minimum absolute atomic E-state index is 0.161. The van der Waals surface area contributed by atoms with Crippen LogP contribution in [-0.2, 0) is 25.5 Å². The van der Waals surface area contributed by atoms with Gasteiger partial charge in [0.2, 0.25) is 5.91 Å². The van der Waals surface area contributed by atoms with E-state index in [0.717, 1.165) is 16.3 Å². The van der Waals surface area contributed by atoms with Crippen LogP contribution in [0.1, 0.15) is 19.4 Å². The maximum Gasteiger partial charge on any atom is 0.329 e. The SMILES string of the molecule is CC(C)[C@H](NC(=O)Cc1cccc2ccccc12)C(=O)OCC(=O)N(C)C. The molecule has 6 nitrogen and oxygen atoms in total. The van der Waals surface area contributed by atoms with Crippen LogP contribution in [0.5, 0.6) is 0 Å². The largest absolute Gasteiger partial charge is 0.454 e. The molecule has 1 N–H and O–H groups in total. The van der Waals surface area contributed by atoms with Gasteiger partial charge >= 0.3 is 5.97 Å². The zero-order chi connectivity index (χ0) is 20.0. The molecule has 1 atom stereocenters. The predicted octanol–water partition coefficient (Wildman–Crippen LogP) is 2.15. The Morgan fingerprint density at radius 1 is 1.04 bits per heavy atom. The lowest BCUT2D eigenvalue weighted by Gasteiger charge is -2.21. The van der Waals surface area contributed by atoms with Crippen LogP contribution in [0.25, 0.3) is 10.8 Å². The van der Waals surface area contributed by atoms with E-state index in [4.69, 9.17) is 4.74 Å². The Labute approximate surface area is 159 Å². The van der Waals surface area contributed by atoms with Crippen LogP contribution in [0.4, 0.5) is 0 Å². The molecule has 2 rings (SSSR count). The van der Waals surface area contributed by atoms with Gasteiger partial charge in [-0.1, -0.05) is 56.3 Å². The van der Waals surface area contributed by atoms with Gasteiger partial charge in [0.1, 0.15) is 6.04 Å². The summed E-state index contributed by atoms with van der Waals surface area (Å²) in [7, 11) is 3.17. The first-order valence-corrected chi connectivity index (χ1v) is 8.92. The third-order valence-electron chi connectivity index (χ3n) is 4.30. The molecule has 0 aliphatic heterocycles. The third kappa shape index (κ3) is 5.54. The Balaban J connectivity index is 2.04. The fourth-order valence-corrected chi connectivity index (χ4v) is 2.69. The average molecular weight is 370 g/mol. The Kier molecular flexibility index (Phi) is 6.93. The van der Waals surface area contributed by atoms with Gasteiger partial charge in [-0.25, -0.2) is 4.79 Å². The second-order valence-electron chi connectivity index (χ2n) is 7.00. The van der Waals surface area contributed by atoms with Gasteiger partial charge in [0.25, 0.3) is 5.91 Å². The number of esters is 1. The lowest BCUT2D eigenvalue weighted by atomic mass is 10.0. The molecular weight excluding hydrogens is 344 g/mol. The molecule has 0 aliphatic rings. The molecule has 0 saturated heterocycles. The minimum Gasteiger partial charge on any atom is -0.454 e. The second-order valence-corrected chi connectivity index (χ2v) is 7.00. The molecule has 2 aromatic carbocycles. The summed E-state index contributed by atoms with van der Waals surface area (Å²) in [4.78, 5) is 37.8. The number of hydrogen-bond acceptors (Lipinski definition) is 4. The molecule has 6 heteroatoms. The molecule has 0 spiro atoms. The van der Waals surface area contributed by atoms with Crippen LogP contribution in [0, 0.1) is 5.92 Å². The topological polar surface area (TPSA) is 75.7 Å². The van der Waals surface area contributed by atoms with Crippen molar-refractivity contribution in [2.75, 3.05) is 20.7 Å². The van der Waals surface area contributed by atoms with E-state index >= 15 is 0 Å². The highest BCUT2D eigenvalue weighted by molar-refractivity contribution is 5.92. The second kappa shape index (κ2) is 9.16. The molecular formula is C21H26N2O4. The van der Waals surface area contributed by atoms with Gasteiger partial charge in [0.15, 0.2) is 6.61 Å². The summed E-state index contributed by atoms with van der Waals surface area (Å²) >= 11 is 0. The predicted molar refractivity (Wildman–Crippen MR) is 104 cm³/mol. The van der Waals surface area contributed by atoms with Crippen molar-refractivity contribution in [2.24, 2.45) is 5.92 Å². The van der Waals surface area contributed by atoms with Crippen molar-refractivity contribution in [3.05, 3.63) is 48.0 Å². The number of fused-ring (bicyclic) bond motifs is 1. The van der Waals surface area contributed by atoms with Gasteiger partial charge in [-0.15, -0.1) is 0 Å². The van der Waals surface area contributed by atoms with Gasteiger partial charge < -0.3 is 15.0 Å². The number of rotatable bonds is 7. The van der Waals surface area contributed by atoms with E-state index in [-0.39, 0.29) is 30.8 Å². The van der Waals surface area contributed by atoms with Gasteiger partial charge in [0.05, 0.1) is 6.42 Å². The number of carbonyl (C=O) groups is 3. The normalized spacial score (nSPS) is 11.9. The maximum atomic E-state index is 12.5. The van der Waals surface area contributed by atoms with Gasteiger partial charge in [-0.2, -0.15) is 0 Å². The summed E-state index contributed by atoms with van der Waals surface area (Å²) in [6, 6.07) is 12.8. The Morgan fingerprint density at radius 3 is 2.37 bits per heavy atom. The van der Waals surface area contributed by atoms with Crippen molar-refractivity contribution in [3.8, 4) is 0 Å². The highest BCUT2D eigenvalue weighted by Gasteiger charge is 2.26. The Morgan fingerprint density at radius 2 is 1.70 bits per heavy atom.